The fraction of sp³-hybridized carbons (Fsp3) is 0.409. The molecule has 142 valence electrons. The first-order valence-electron chi connectivity index (χ1n) is 9.69. The van der Waals surface area contributed by atoms with Gasteiger partial charge in [-0.15, -0.1) is 0 Å². The van der Waals surface area contributed by atoms with Gasteiger partial charge in [-0.25, -0.2) is 0 Å². The highest BCUT2D eigenvalue weighted by Gasteiger charge is 2.34. The minimum Gasteiger partial charge on any atom is -0.491 e. The van der Waals surface area contributed by atoms with E-state index in [0.29, 0.717) is 19.6 Å². The molecular weight excluding hydrogens is 340 g/mol. The van der Waals surface area contributed by atoms with Gasteiger partial charge in [-0.3, -0.25) is 4.79 Å². The smallest absolute Gasteiger partial charge is 0.231 e. The fourth-order valence-corrected chi connectivity index (χ4v) is 4.10. The molecule has 2 aliphatic heterocycles. The summed E-state index contributed by atoms with van der Waals surface area (Å²) in [5.74, 6) is 0.993. The number of carbonyl (C=O) groups excluding carboxylic acids is 1. The number of piperidine rings is 1. The molecule has 1 fully saturated rings. The predicted octanol–water partition coefficient (Wildman–Crippen LogP) is 2.48. The van der Waals surface area contributed by atoms with E-state index in [2.05, 4.69) is 11.0 Å². The molecule has 2 heterocycles. The summed E-state index contributed by atoms with van der Waals surface area (Å²) in [5, 5.41) is 10.3. The second kappa shape index (κ2) is 8.11. The molecular formula is C22H26N2O3. The predicted molar refractivity (Wildman–Crippen MR) is 105 cm³/mol. The minimum atomic E-state index is -0.518. The average Bonchev–Trinajstić information content (AvgIpc) is 3.04. The van der Waals surface area contributed by atoms with Crippen molar-refractivity contribution in [3.05, 3.63) is 60.2 Å². The van der Waals surface area contributed by atoms with E-state index >= 15 is 0 Å². The molecule has 1 unspecified atom stereocenters. The molecule has 5 heteroatoms. The van der Waals surface area contributed by atoms with Crippen LogP contribution in [0.15, 0.2) is 54.6 Å². The second-order valence-corrected chi connectivity index (χ2v) is 7.38. The number of anilines is 1. The monoisotopic (exact) mass is 366 g/mol. The number of amides is 1. The molecule has 27 heavy (non-hydrogen) atoms. The van der Waals surface area contributed by atoms with Crippen molar-refractivity contribution >= 4 is 11.6 Å². The third kappa shape index (κ3) is 4.15. The molecule has 2 aromatic carbocycles. The summed E-state index contributed by atoms with van der Waals surface area (Å²) < 4.78 is 5.64. The van der Waals surface area contributed by atoms with Gasteiger partial charge in [0.15, 0.2) is 0 Å². The number of hydrogen-bond acceptors (Lipinski definition) is 4. The van der Waals surface area contributed by atoms with Gasteiger partial charge in [-0.1, -0.05) is 36.4 Å². The lowest BCUT2D eigenvalue weighted by Gasteiger charge is -2.37. The fourth-order valence-electron chi connectivity index (χ4n) is 4.10. The van der Waals surface area contributed by atoms with Crippen molar-refractivity contribution in [2.24, 2.45) is 0 Å². The molecule has 0 spiro atoms. The number of fused-ring (bicyclic) bond motifs is 1. The Morgan fingerprint density at radius 3 is 2.52 bits per heavy atom. The van der Waals surface area contributed by atoms with Crippen molar-refractivity contribution in [2.45, 2.75) is 31.4 Å². The molecule has 1 saturated heterocycles. The maximum absolute atomic E-state index is 12.5. The Bertz CT molecular complexity index is 772. The van der Waals surface area contributed by atoms with Gasteiger partial charge < -0.3 is 19.6 Å². The zero-order valence-corrected chi connectivity index (χ0v) is 15.5. The number of aliphatic hydroxyl groups is 1. The Kier molecular flexibility index (Phi) is 5.41. The summed E-state index contributed by atoms with van der Waals surface area (Å²) in [6, 6.07) is 17.9. The largest absolute Gasteiger partial charge is 0.491 e. The van der Waals surface area contributed by atoms with Crippen LogP contribution in [0.25, 0.3) is 0 Å². The van der Waals surface area contributed by atoms with E-state index < -0.39 is 6.10 Å². The number of ether oxygens (including phenoxy) is 1. The van der Waals surface area contributed by atoms with E-state index in [1.807, 2.05) is 53.4 Å². The number of aliphatic hydroxyl groups excluding tert-OH is 1. The van der Waals surface area contributed by atoms with Gasteiger partial charge in [-0.05, 0) is 36.6 Å². The number of hydrogen-bond donors (Lipinski definition) is 1. The molecule has 1 amide bonds. The number of para-hydroxylation sites is 2. The van der Waals surface area contributed by atoms with E-state index in [1.165, 1.54) is 0 Å². The van der Waals surface area contributed by atoms with E-state index in [1.54, 1.807) is 0 Å². The third-order valence-electron chi connectivity index (χ3n) is 5.44. The lowest BCUT2D eigenvalue weighted by Crippen LogP contribution is -2.48. The average molecular weight is 366 g/mol. The highest BCUT2D eigenvalue weighted by molar-refractivity contribution is 6.01. The van der Waals surface area contributed by atoms with Crippen molar-refractivity contribution in [3.63, 3.8) is 0 Å². The van der Waals surface area contributed by atoms with Crippen LogP contribution in [0, 0.1) is 0 Å². The number of likely N-dealkylation sites (tertiary alicyclic amines) is 1. The third-order valence-corrected chi connectivity index (χ3v) is 5.44. The molecule has 5 nitrogen and oxygen atoms in total. The summed E-state index contributed by atoms with van der Waals surface area (Å²) in [7, 11) is 0. The van der Waals surface area contributed by atoms with E-state index in [-0.39, 0.29) is 11.9 Å². The van der Waals surface area contributed by atoms with Gasteiger partial charge in [0, 0.05) is 31.4 Å². The number of benzene rings is 2. The van der Waals surface area contributed by atoms with Crippen LogP contribution in [0.3, 0.4) is 0 Å². The Hall–Kier alpha value is -2.37. The van der Waals surface area contributed by atoms with Crippen molar-refractivity contribution < 1.29 is 14.6 Å². The number of rotatable bonds is 6. The van der Waals surface area contributed by atoms with Gasteiger partial charge in [0.1, 0.15) is 18.5 Å². The second-order valence-electron chi connectivity index (χ2n) is 7.38. The Balaban J connectivity index is 1.26. The Morgan fingerprint density at radius 2 is 1.74 bits per heavy atom. The molecule has 1 atom stereocenters. The SMILES string of the molecule is O=C1Cc2ccccc2N1C1CCN(CC(O)COc2ccccc2)CC1. The molecule has 0 radical (unpaired) electrons. The van der Waals surface area contributed by atoms with E-state index in [0.717, 1.165) is 42.9 Å². The van der Waals surface area contributed by atoms with Crippen molar-refractivity contribution in [3.8, 4) is 5.75 Å². The summed E-state index contributed by atoms with van der Waals surface area (Å²) >= 11 is 0. The van der Waals surface area contributed by atoms with E-state index in [9.17, 15) is 9.90 Å². The summed E-state index contributed by atoms with van der Waals surface area (Å²) in [5.41, 5.74) is 2.22. The van der Waals surface area contributed by atoms with Gasteiger partial charge in [0.2, 0.25) is 5.91 Å². The van der Waals surface area contributed by atoms with E-state index in [4.69, 9.17) is 4.74 Å². The van der Waals surface area contributed by atoms with Crippen molar-refractivity contribution in [1.29, 1.82) is 0 Å². The quantitative estimate of drug-likeness (QED) is 0.853. The molecule has 2 aromatic rings. The number of nitrogens with zero attached hydrogens (tertiary/aromatic N) is 2. The molecule has 0 aliphatic carbocycles. The highest BCUT2D eigenvalue weighted by Crippen LogP contribution is 2.33. The standard InChI is InChI=1S/C22H26N2O3/c25-19(16-27-20-7-2-1-3-8-20)15-23-12-10-18(11-13-23)24-21-9-5-4-6-17(21)14-22(24)26/h1-9,18-19,25H,10-16H2. The normalized spacial score (nSPS) is 19.1. The van der Waals surface area contributed by atoms with Crippen LogP contribution in [0.2, 0.25) is 0 Å². The Labute approximate surface area is 160 Å². The van der Waals surface area contributed by atoms with Crippen LogP contribution >= 0.6 is 0 Å². The number of β-amino-alcohol motifs (C(OH)–C–C–N with tert-alkyl or cyclic N) is 1. The van der Waals surface area contributed by atoms with Crippen LogP contribution in [-0.4, -0.2) is 54.3 Å². The van der Waals surface area contributed by atoms with Crippen LogP contribution in [-0.2, 0) is 11.2 Å². The van der Waals surface area contributed by atoms with Crippen LogP contribution in [0.4, 0.5) is 5.69 Å². The highest BCUT2D eigenvalue weighted by atomic mass is 16.5. The maximum Gasteiger partial charge on any atom is 0.231 e. The van der Waals surface area contributed by atoms with Gasteiger partial charge in [-0.2, -0.15) is 0 Å². The first kappa shape index (κ1) is 18.0. The first-order valence-corrected chi connectivity index (χ1v) is 9.69. The summed E-state index contributed by atoms with van der Waals surface area (Å²) in [6.07, 6.45) is 1.88. The molecule has 4 rings (SSSR count). The van der Waals surface area contributed by atoms with Gasteiger partial charge >= 0.3 is 0 Å². The maximum atomic E-state index is 12.5. The molecule has 0 bridgehead atoms. The lowest BCUT2D eigenvalue weighted by atomic mass is 10.0. The van der Waals surface area contributed by atoms with Crippen molar-refractivity contribution in [1.82, 2.24) is 4.90 Å². The van der Waals surface area contributed by atoms with Crippen LogP contribution in [0.1, 0.15) is 18.4 Å². The lowest BCUT2D eigenvalue weighted by molar-refractivity contribution is -0.118. The number of carbonyl (C=O) groups is 1. The van der Waals surface area contributed by atoms with Crippen LogP contribution < -0.4 is 9.64 Å². The first-order chi connectivity index (χ1) is 13.2. The molecule has 0 saturated carbocycles. The van der Waals surface area contributed by atoms with Gasteiger partial charge in [0.05, 0.1) is 6.42 Å². The molecule has 2 aliphatic rings. The van der Waals surface area contributed by atoms with Crippen LogP contribution in [0.5, 0.6) is 5.75 Å². The Morgan fingerprint density at radius 1 is 1.04 bits per heavy atom. The molecule has 1 N–H and O–H groups in total. The van der Waals surface area contributed by atoms with Crippen molar-refractivity contribution in [2.75, 3.05) is 31.1 Å². The molecule has 0 aromatic heterocycles. The topological polar surface area (TPSA) is 53.0 Å². The van der Waals surface area contributed by atoms with Gasteiger partial charge in [0.25, 0.3) is 0 Å². The summed E-state index contributed by atoms with van der Waals surface area (Å²) in [4.78, 5) is 16.7. The zero-order chi connectivity index (χ0) is 18.6. The zero-order valence-electron chi connectivity index (χ0n) is 15.5. The minimum absolute atomic E-state index is 0.214. The summed E-state index contributed by atoms with van der Waals surface area (Å²) in [6.45, 7) is 2.67.